The van der Waals surface area contributed by atoms with Gasteiger partial charge in [-0.05, 0) is 12.1 Å². The monoisotopic (exact) mass is 104 g/mol. The minimum atomic E-state index is 0.688. The third-order valence-electron chi connectivity index (χ3n) is 0.813. The van der Waals surface area contributed by atoms with Crippen LogP contribution in [0.25, 0.3) is 0 Å². The number of rotatable bonds is 1. The molecule has 1 rings (SSSR count). The second-order valence-electron chi connectivity index (χ2n) is 1.36. The maximum atomic E-state index is 5.04. The molecule has 2 radical (unpaired) electrons. The third kappa shape index (κ3) is 0.995. The van der Waals surface area contributed by atoms with Gasteiger partial charge in [-0.3, -0.25) is 0 Å². The van der Waals surface area contributed by atoms with Crippen molar-refractivity contribution in [3.05, 3.63) is 24.4 Å². The van der Waals surface area contributed by atoms with Crippen LogP contribution in [0.15, 0.2) is 24.4 Å². The van der Waals surface area contributed by atoms with Crippen molar-refractivity contribution in [2.45, 2.75) is 0 Å². The summed E-state index contributed by atoms with van der Waals surface area (Å²) in [5.41, 5.74) is 0. The first kappa shape index (κ1) is 5.16. The second-order valence-corrected chi connectivity index (χ2v) is 1.36. The summed E-state index contributed by atoms with van der Waals surface area (Å²) in [6, 6.07) is 5.49. The first-order chi connectivity index (χ1) is 3.93. The Balaban J connectivity index is 2.83. The molecule has 1 aromatic rings. The quantitative estimate of drug-likeness (QED) is 0.527. The minimum absolute atomic E-state index is 0.688. The number of nitrogens with one attached hydrogen (secondary N) is 1. The highest BCUT2D eigenvalue weighted by Gasteiger charge is 1.79. The largest absolute Gasteiger partial charge is 0.423 e. The first-order valence-electron chi connectivity index (χ1n) is 2.31. The molecule has 3 heteroatoms. The van der Waals surface area contributed by atoms with Crippen molar-refractivity contribution in [2.75, 3.05) is 5.23 Å². The van der Waals surface area contributed by atoms with E-state index in [-0.39, 0.29) is 0 Å². The van der Waals surface area contributed by atoms with Gasteiger partial charge in [0, 0.05) is 6.20 Å². The molecule has 0 unspecified atom stereocenters. The molecule has 0 atom stereocenters. The van der Waals surface area contributed by atoms with Gasteiger partial charge in [0.15, 0.2) is 0 Å². The van der Waals surface area contributed by atoms with Crippen LogP contribution in [0, 0.1) is 0 Å². The molecule has 0 fully saturated rings. The zero-order chi connectivity index (χ0) is 5.82. The van der Waals surface area contributed by atoms with E-state index >= 15 is 0 Å². The Morgan fingerprint density at radius 3 is 2.75 bits per heavy atom. The molecule has 0 aliphatic heterocycles. The van der Waals surface area contributed by atoms with Crippen LogP contribution in [-0.4, -0.2) is 13.0 Å². The van der Waals surface area contributed by atoms with Gasteiger partial charge < -0.3 is 5.23 Å². The predicted octanol–water partition coefficient (Wildman–Crippen LogP) is 0.577. The molecule has 0 aliphatic rings. The molecule has 1 heterocycles. The standard InChI is InChI=1S/C5H5BN2/c6-8-5-3-1-2-4-7-5/h1-4H,(H,7,8). The molecular weight excluding hydrogens is 98.9 g/mol. The number of nitrogens with zero attached hydrogens (tertiary/aromatic N) is 1. The Morgan fingerprint density at radius 1 is 1.50 bits per heavy atom. The van der Waals surface area contributed by atoms with Crippen LogP contribution in [-0.2, 0) is 0 Å². The minimum Gasteiger partial charge on any atom is -0.423 e. The van der Waals surface area contributed by atoms with E-state index in [1.807, 2.05) is 12.1 Å². The molecule has 0 aromatic carbocycles. The smallest absolute Gasteiger partial charge is 0.224 e. The average molecular weight is 104 g/mol. The lowest BCUT2D eigenvalue weighted by molar-refractivity contribution is 1.33. The van der Waals surface area contributed by atoms with E-state index in [1.54, 1.807) is 12.3 Å². The van der Waals surface area contributed by atoms with E-state index in [9.17, 15) is 0 Å². The molecule has 0 saturated carbocycles. The summed E-state index contributed by atoms with van der Waals surface area (Å²) >= 11 is 0. The number of hydrogen-bond donors (Lipinski definition) is 1. The summed E-state index contributed by atoms with van der Waals surface area (Å²) in [7, 11) is 5.04. The van der Waals surface area contributed by atoms with E-state index < -0.39 is 0 Å². The molecule has 0 aliphatic carbocycles. The maximum absolute atomic E-state index is 5.04. The predicted molar refractivity (Wildman–Crippen MR) is 33.6 cm³/mol. The summed E-state index contributed by atoms with van der Waals surface area (Å²) in [5, 5.41) is 2.42. The highest BCUT2D eigenvalue weighted by atomic mass is 14.9. The van der Waals surface area contributed by atoms with Crippen LogP contribution >= 0.6 is 0 Å². The fourth-order valence-electron chi connectivity index (χ4n) is 0.448. The zero-order valence-electron chi connectivity index (χ0n) is 4.33. The van der Waals surface area contributed by atoms with Crippen molar-refractivity contribution in [1.82, 2.24) is 4.98 Å². The van der Waals surface area contributed by atoms with Crippen molar-refractivity contribution in [2.24, 2.45) is 0 Å². The Bertz CT molecular complexity index is 152. The molecule has 0 spiro atoms. The molecule has 1 aromatic heterocycles. The number of anilines is 1. The van der Waals surface area contributed by atoms with E-state index in [0.29, 0.717) is 5.82 Å². The lowest BCUT2D eigenvalue weighted by atomic mass is 10.4. The van der Waals surface area contributed by atoms with Gasteiger partial charge in [-0.2, -0.15) is 0 Å². The topological polar surface area (TPSA) is 24.9 Å². The molecule has 0 amide bonds. The first-order valence-corrected chi connectivity index (χ1v) is 2.31. The van der Waals surface area contributed by atoms with Crippen molar-refractivity contribution in [3.8, 4) is 0 Å². The van der Waals surface area contributed by atoms with Gasteiger partial charge in [0.25, 0.3) is 0 Å². The summed E-state index contributed by atoms with van der Waals surface area (Å²) in [6.07, 6.45) is 1.68. The Labute approximate surface area is 49.4 Å². The SMILES string of the molecule is [B]Nc1ccccn1. The lowest BCUT2D eigenvalue weighted by Crippen LogP contribution is -1.91. The lowest BCUT2D eigenvalue weighted by Gasteiger charge is -1.93. The van der Waals surface area contributed by atoms with Crippen molar-refractivity contribution in [3.63, 3.8) is 0 Å². The van der Waals surface area contributed by atoms with Gasteiger partial charge in [-0.15, -0.1) is 0 Å². The molecule has 38 valence electrons. The van der Waals surface area contributed by atoms with Crippen LogP contribution < -0.4 is 5.23 Å². The van der Waals surface area contributed by atoms with Crippen LogP contribution in [0.5, 0.6) is 0 Å². The Kier molecular flexibility index (Phi) is 1.52. The molecule has 2 nitrogen and oxygen atoms in total. The fourth-order valence-corrected chi connectivity index (χ4v) is 0.448. The molecule has 0 saturated heterocycles. The summed E-state index contributed by atoms with van der Waals surface area (Å²) < 4.78 is 0. The van der Waals surface area contributed by atoms with Gasteiger partial charge >= 0.3 is 0 Å². The number of hydrogen-bond acceptors (Lipinski definition) is 2. The molecule has 8 heavy (non-hydrogen) atoms. The highest BCUT2D eigenvalue weighted by molar-refractivity contribution is 6.15. The third-order valence-corrected chi connectivity index (χ3v) is 0.813. The number of pyridine rings is 1. The van der Waals surface area contributed by atoms with Crippen molar-refractivity contribution in [1.29, 1.82) is 0 Å². The van der Waals surface area contributed by atoms with Gasteiger partial charge in [-0.25, -0.2) is 4.98 Å². The molecule has 1 N–H and O–H groups in total. The van der Waals surface area contributed by atoms with E-state index in [2.05, 4.69) is 10.2 Å². The highest BCUT2D eigenvalue weighted by Crippen LogP contribution is 1.95. The zero-order valence-corrected chi connectivity index (χ0v) is 4.33. The summed E-state index contributed by atoms with van der Waals surface area (Å²) in [4.78, 5) is 3.86. The summed E-state index contributed by atoms with van der Waals surface area (Å²) in [5.74, 6) is 0.688. The van der Waals surface area contributed by atoms with Crippen LogP contribution in [0.2, 0.25) is 0 Å². The van der Waals surface area contributed by atoms with Crippen LogP contribution in [0.1, 0.15) is 0 Å². The summed E-state index contributed by atoms with van der Waals surface area (Å²) in [6.45, 7) is 0. The van der Waals surface area contributed by atoms with Gasteiger partial charge in [0.05, 0.1) is 0 Å². The van der Waals surface area contributed by atoms with E-state index in [1.165, 1.54) is 0 Å². The normalized spacial score (nSPS) is 8.50. The molecule has 0 bridgehead atoms. The van der Waals surface area contributed by atoms with Gasteiger partial charge in [-0.1, -0.05) is 6.07 Å². The maximum Gasteiger partial charge on any atom is 0.224 e. The average Bonchev–Trinajstić information content (AvgIpc) is 1.90. The number of aromatic nitrogens is 1. The fraction of sp³-hybridized carbons (Fsp3) is 0. The van der Waals surface area contributed by atoms with Crippen molar-refractivity contribution < 1.29 is 0 Å². The van der Waals surface area contributed by atoms with Crippen molar-refractivity contribution >= 4 is 13.8 Å². The van der Waals surface area contributed by atoms with Crippen LogP contribution in [0.3, 0.4) is 0 Å². The van der Waals surface area contributed by atoms with Gasteiger partial charge in [0.1, 0.15) is 5.82 Å². The molecular formula is C5H5BN2. The van der Waals surface area contributed by atoms with Gasteiger partial charge in [0.2, 0.25) is 7.98 Å². The van der Waals surface area contributed by atoms with E-state index in [0.717, 1.165) is 0 Å². The second kappa shape index (κ2) is 2.35. The Morgan fingerprint density at radius 2 is 2.38 bits per heavy atom. The Hall–Kier alpha value is -0.985. The van der Waals surface area contributed by atoms with Crippen LogP contribution in [0.4, 0.5) is 5.82 Å². The van der Waals surface area contributed by atoms with E-state index in [4.69, 9.17) is 7.98 Å².